The minimum absolute atomic E-state index is 0.0292. The third-order valence-corrected chi connectivity index (χ3v) is 5.93. The summed E-state index contributed by atoms with van der Waals surface area (Å²) in [5, 5.41) is 2.74. The van der Waals surface area contributed by atoms with Crippen LogP contribution in [0, 0.1) is 0 Å². The Labute approximate surface area is 183 Å². The molecule has 3 aromatic carbocycles. The Kier molecular flexibility index (Phi) is 5.88. The van der Waals surface area contributed by atoms with Gasteiger partial charge < -0.3 is 19.5 Å². The molecule has 0 spiro atoms. The highest BCUT2D eigenvalue weighted by Crippen LogP contribution is 2.34. The number of benzene rings is 3. The highest BCUT2D eigenvalue weighted by molar-refractivity contribution is 7.92. The molecule has 0 aromatic heterocycles. The molecule has 1 aliphatic heterocycles. The van der Waals surface area contributed by atoms with Gasteiger partial charge in [-0.3, -0.25) is 9.52 Å². The summed E-state index contributed by atoms with van der Waals surface area (Å²) in [4.78, 5) is 12.1. The van der Waals surface area contributed by atoms with Crippen LogP contribution in [0.3, 0.4) is 0 Å². The van der Waals surface area contributed by atoms with Crippen LogP contribution < -0.4 is 24.2 Å². The lowest BCUT2D eigenvalue weighted by molar-refractivity contribution is -0.118. The predicted molar refractivity (Wildman–Crippen MR) is 115 cm³/mol. The lowest BCUT2D eigenvalue weighted by Gasteiger charge is -2.12. The van der Waals surface area contributed by atoms with Crippen LogP contribution in [0.25, 0.3) is 0 Å². The first-order valence-corrected chi connectivity index (χ1v) is 11.0. The van der Waals surface area contributed by atoms with E-state index >= 15 is 0 Å². The van der Waals surface area contributed by atoms with E-state index in [9.17, 15) is 13.2 Å². The van der Waals surface area contributed by atoms with Crippen LogP contribution in [0.2, 0.25) is 5.02 Å². The van der Waals surface area contributed by atoms with E-state index in [1.165, 1.54) is 18.2 Å². The topological polar surface area (TPSA) is 103 Å². The van der Waals surface area contributed by atoms with Gasteiger partial charge in [0.25, 0.3) is 15.9 Å². The monoisotopic (exact) mass is 460 g/mol. The number of sulfonamides is 1. The minimum Gasteiger partial charge on any atom is -0.482 e. The summed E-state index contributed by atoms with van der Waals surface area (Å²) < 4.78 is 43.4. The van der Waals surface area contributed by atoms with E-state index in [4.69, 9.17) is 25.8 Å². The lowest BCUT2D eigenvalue weighted by Crippen LogP contribution is -2.20. The van der Waals surface area contributed by atoms with E-state index in [2.05, 4.69) is 10.0 Å². The van der Waals surface area contributed by atoms with Crippen molar-refractivity contribution in [1.29, 1.82) is 0 Å². The summed E-state index contributed by atoms with van der Waals surface area (Å²) >= 11 is 6.17. The van der Waals surface area contributed by atoms with Gasteiger partial charge in [-0.2, -0.15) is 0 Å². The first-order valence-electron chi connectivity index (χ1n) is 9.10. The zero-order valence-corrected chi connectivity index (χ0v) is 17.6. The molecular formula is C21H17ClN2O6S. The molecule has 1 heterocycles. The molecule has 8 nitrogen and oxygen atoms in total. The number of hydrogen-bond acceptors (Lipinski definition) is 6. The Morgan fingerprint density at radius 1 is 0.968 bits per heavy atom. The second-order valence-corrected chi connectivity index (χ2v) is 8.56. The van der Waals surface area contributed by atoms with E-state index in [1.54, 1.807) is 48.5 Å². The maximum absolute atomic E-state index is 12.5. The number of hydrogen-bond donors (Lipinski definition) is 2. The van der Waals surface area contributed by atoms with Gasteiger partial charge in [0, 0.05) is 17.4 Å². The van der Waals surface area contributed by atoms with Gasteiger partial charge in [-0.25, -0.2) is 8.42 Å². The molecule has 160 valence electrons. The molecular weight excluding hydrogens is 444 g/mol. The average molecular weight is 461 g/mol. The fraction of sp³-hybridized carbons (Fsp3) is 0.0952. The van der Waals surface area contributed by atoms with Crippen molar-refractivity contribution < 1.29 is 27.4 Å². The van der Waals surface area contributed by atoms with E-state index < -0.39 is 15.9 Å². The van der Waals surface area contributed by atoms with Gasteiger partial charge in [0.1, 0.15) is 5.75 Å². The molecule has 2 N–H and O–H groups in total. The summed E-state index contributed by atoms with van der Waals surface area (Å²) in [6.07, 6.45) is 0. The van der Waals surface area contributed by atoms with Crippen molar-refractivity contribution in [2.24, 2.45) is 0 Å². The van der Waals surface area contributed by atoms with Crippen LogP contribution in [0.5, 0.6) is 17.2 Å². The van der Waals surface area contributed by atoms with Crippen molar-refractivity contribution in [3.63, 3.8) is 0 Å². The number of carbonyl (C=O) groups excluding carboxylic acids is 1. The predicted octanol–water partition coefficient (Wildman–Crippen LogP) is 3.89. The number of ether oxygens (including phenoxy) is 3. The molecule has 0 aliphatic carbocycles. The Morgan fingerprint density at radius 2 is 1.74 bits per heavy atom. The zero-order valence-electron chi connectivity index (χ0n) is 16.0. The van der Waals surface area contributed by atoms with Crippen LogP contribution >= 0.6 is 11.6 Å². The van der Waals surface area contributed by atoms with Gasteiger partial charge in [-0.15, -0.1) is 0 Å². The van der Waals surface area contributed by atoms with Crippen molar-refractivity contribution >= 4 is 38.9 Å². The number of fused-ring (bicyclic) bond motifs is 1. The number of halogens is 1. The van der Waals surface area contributed by atoms with Crippen molar-refractivity contribution in [2.45, 2.75) is 4.90 Å². The first-order chi connectivity index (χ1) is 14.9. The Morgan fingerprint density at radius 3 is 2.52 bits per heavy atom. The molecule has 3 aromatic rings. The van der Waals surface area contributed by atoms with E-state index in [-0.39, 0.29) is 29.1 Å². The maximum Gasteiger partial charge on any atom is 0.262 e. The minimum atomic E-state index is -3.82. The first kappa shape index (κ1) is 20.8. The number of carbonyl (C=O) groups is 1. The highest BCUT2D eigenvalue weighted by atomic mass is 35.5. The average Bonchev–Trinajstić information content (AvgIpc) is 3.21. The third kappa shape index (κ3) is 5.01. The molecule has 0 saturated heterocycles. The molecule has 0 atom stereocenters. The molecule has 10 heteroatoms. The molecule has 1 amide bonds. The SMILES string of the molecule is O=C(COc1ccc(S(=O)(=O)Nc2ccccc2)cc1Cl)Nc1ccc2c(c1)OCO2. The van der Waals surface area contributed by atoms with E-state index in [1.807, 2.05) is 0 Å². The molecule has 1 aliphatic rings. The smallest absolute Gasteiger partial charge is 0.262 e. The van der Waals surface area contributed by atoms with Crippen molar-refractivity contribution in [2.75, 3.05) is 23.4 Å². The number of nitrogens with one attached hydrogen (secondary N) is 2. The second kappa shape index (κ2) is 8.75. The van der Waals surface area contributed by atoms with E-state index in [0.29, 0.717) is 22.9 Å². The number of amides is 1. The van der Waals surface area contributed by atoms with Gasteiger partial charge in [0.05, 0.1) is 9.92 Å². The molecule has 4 rings (SSSR count). The fourth-order valence-corrected chi connectivity index (χ4v) is 4.18. The summed E-state index contributed by atoms with van der Waals surface area (Å²) in [6, 6.07) is 17.5. The molecule has 0 fully saturated rings. The fourth-order valence-electron chi connectivity index (χ4n) is 2.80. The molecule has 0 radical (unpaired) electrons. The number of anilines is 2. The largest absolute Gasteiger partial charge is 0.482 e. The van der Waals surface area contributed by atoms with Gasteiger partial charge >= 0.3 is 0 Å². The Bertz CT molecular complexity index is 1220. The van der Waals surface area contributed by atoms with Crippen molar-refractivity contribution in [1.82, 2.24) is 0 Å². The standard InChI is InChI=1S/C21H17ClN2O6S/c22-17-11-16(31(26,27)24-14-4-2-1-3-5-14)7-9-18(17)28-12-21(25)23-15-6-8-19-20(10-15)30-13-29-19/h1-11,24H,12-13H2,(H,23,25). The van der Waals surface area contributed by atoms with Crippen molar-refractivity contribution in [3.05, 3.63) is 71.8 Å². The summed E-state index contributed by atoms with van der Waals surface area (Å²) in [7, 11) is -3.82. The maximum atomic E-state index is 12.5. The van der Waals surface area contributed by atoms with Crippen LogP contribution in [0.4, 0.5) is 11.4 Å². The van der Waals surface area contributed by atoms with Crippen molar-refractivity contribution in [3.8, 4) is 17.2 Å². The number of para-hydroxylation sites is 1. The quantitative estimate of drug-likeness (QED) is 0.554. The highest BCUT2D eigenvalue weighted by Gasteiger charge is 2.17. The van der Waals surface area contributed by atoms with Gasteiger partial charge in [-0.05, 0) is 42.5 Å². The van der Waals surface area contributed by atoms with Gasteiger partial charge in [0.15, 0.2) is 18.1 Å². The Balaban J connectivity index is 1.37. The van der Waals surface area contributed by atoms with Crippen LogP contribution in [-0.2, 0) is 14.8 Å². The third-order valence-electron chi connectivity index (χ3n) is 4.25. The zero-order chi connectivity index (χ0) is 21.8. The molecule has 0 unspecified atom stereocenters. The second-order valence-electron chi connectivity index (χ2n) is 6.47. The normalized spacial score (nSPS) is 12.3. The van der Waals surface area contributed by atoms with Crippen LogP contribution in [0.15, 0.2) is 71.6 Å². The Hall–Kier alpha value is -3.43. The molecule has 0 bridgehead atoms. The summed E-state index contributed by atoms with van der Waals surface area (Å²) in [5.74, 6) is 0.916. The van der Waals surface area contributed by atoms with Gasteiger partial charge in [-0.1, -0.05) is 29.8 Å². The summed E-state index contributed by atoms with van der Waals surface area (Å²) in [5.41, 5.74) is 0.955. The summed E-state index contributed by atoms with van der Waals surface area (Å²) in [6.45, 7) is -0.177. The van der Waals surface area contributed by atoms with E-state index in [0.717, 1.165) is 0 Å². The van der Waals surface area contributed by atoms with Crippen LogP contribution in [-0.4, -0.2) is 27.7 Å². The molecule has 31 heavy (non-hydrogen) atoms. The molecule has 0 saturated carbocycles. The van der Waals surface area contributed by atoms with Crippen LogP contribution in [0.1, 0.15) is 0 Å². The lowest BCUT2D eigenvalue weighted by atomic mass is 10.3. The van der Waals surface area contributed by atoms with Gasteiger partial charge in [0.2, 0.25) is 6.79 Å². The number of rotatable bonds is 7.